The monoisotopic (exact) mass is 544 g/mol. The number of aryl methyl sites for hydroxylation is 1. The third-order valence-corrected chi connectivity index (χ3v) is 7.41. The molecule has 3 aromatic rings. The van der Waals surface area contributed by atoms with Crippen LogP contribution in [0.4, 0.5) is 5.69 Å². The summed E-state index contributed by atoms with van der Waals surface area (Å²) in [7, 11) is 1.66. The number of aliphatic carboxylic acids is 1. The van der Waals surface area contributed by atoms with Crippen LogP contribution in [0.2, 0.25) is 0 Å². The molecular formula is C31H32N2O5S. The molecule has 1 amide bonds. The van der Waals surface area contributed by atoms with Crippen LogP contribution in [0.1, 0.15) is 54.5 Å². The van der Waals surface area contributed by atoms with E-state index in [1.54, 1.807) is 19.2 Å². The van der Waals surface area contributed by atoms with Crippen molar-refractivity contribution in [3.05, 3.63) is 100.0 Å². The Balaban J connectivity index is 1.35. The van der Waals surface area contributed by atoms with Gasteiger partial charge in [0.05, 0.1) is 10.6 Å². The molecule has 1 heterocycles. The number of carboxylic acids is 1. The van der Waals surface area contributed by atoms with Crippen LogP contribution in [0.25, 0.3) is 6.08 Å². The van der Waals surface area contributed by atoms with E-state index in [1.807, 2.05) is 30.3 Å². The highest BCUT2D eigenvalue weighted by Gasteiger charge is 2.30. The summed E-state index contributed by atoms with van der Waals surface area (Å²) in [5.41, 5.74) is 4.16. The minimum Gasteiger partial charge on any atom is -0.489 e. The van der Waals surface area contributed by atoms with Crippen molar-refractivity contribution in [2.45, 2.75) is 45.3 Å². The van der Waals surface area contributed by atoms with E-state index in [2.05, 4.69) is 36.2 Å². The van der Waals surface area contributed by atoms with Crippen molar-refractivity contribution in [2.75, 3.05) is 7.05 Å². The maximum Gasteiger partial charge on any atom is 0.337 e. The summed E-state index contributed by atoms with van der Waals surface area (Å²) in [5, 5.41) is 19.1. The van der Waals surface area contributed by atoms with E-state index in [0.29, 0.717) is 22.4 Å². The Morgan fingerprint density at radius 2 is 1.67 bits per heavy atom. The smallest absolute Gasteiger partial charge is 0.337 e. The summed E-state index contributed by atoms with van der Waals surface area (Å²) < 4.78 is 5.94. The predicted molar refractivity (Wildman–Crippen MR) is 155 cm³/mol. The quantitative estimate of drug-likeness (QED) is 0.216. The molecule has 0 bridgehead atoms. The summed E-state index contributed by atoms with van der Waals surface area (Å²) in [6.07, 6.45) is 5.05. The second-order valence-electron chi connectivity index (χ2n) is 9.33. The summed E-state index contributed by atoms with van der Waals surface area (Å²) in [6.45, 7) is 2.70. The van der Waals surface area contributed by atoms with E-state index in [9.17, 15) is 14.7 Å². The van der Waals surface area contributed by atoms with Crippen molar-refractivity contribution >= 4 is 40.6 Å². The van der Waals surface area contributed by atoms with Gasteiger partial charge in [-0.3, -0.25) is 9.69 Å². The lowest BCUT2D eigenvalue weighted by atomic mass is 10.1. The molecule has 1 atom stereocenters. The number of benzene rings is 3. The number of carboxylic acid groups (broad SMARTS) is 1. The molecule has 4 rings (SSSR count). The van der Waals surface area contributed by atoms with Crippen LogP contribution in [0.3, 0.4) is 0 Å². The van der Waals surface area contributed by atoms with Crippen molar-refractivity contribution in [1.29, 1.82) is 0 Å². The number of nitrogens with zero attached hydrogens (tertiary/aromatic N) is 2. The van der Waals surface area contributed by atoms with Crippen molar-refractivity contribution in [2.24, 2.45) is 4.99 Å². The second kappa shape index (κ2) is 13.3. The van der Waals surface area contributed by atoms with Crippen LogP contribution in [0, 0.1) is 0 Å². The Morgan fingerprint density at radius 3 is 2.31 bits per heavy atom. The van der Waals surface area contributed by atoms with Gasteiger partial charge in [-0.15, -0.1) is 0 Å². The molecule has 1 fully saturated rings. The molecule has 1 aliphatic rings. The predicted octanol–water partition coefficient (Wildman–Crippen LogP) is 6.35. The number of hydrogen-bond donors (Lipinski definition) is 2. The lowest BCUT2D eigenvalue weighted by molar-refractivity contribution is -0.147. The topological polar surface area (TPSA) is 99.4 Å². The van der Waals surface area contributed by atoms with Crippen LogP contribution < -0.4 is 4.74 Å². The first kappa shape index (κ1) is 28.1. The maximum absolute atomic E-state index is 12.8. The molecule has 202 valence electrons. The molecular weight excluding hydrogens is 512 g/mol. The fourth-order valence-electron chi connectivity index (χ4n) is 4.00. The number of aliphatic imine (C=N–C) groups is 1. The Bertz CT molecular complexity index is 1350. The first-order valence-corrected chi connectivity index (χ1v) is 13.7. The van der Waals surface area contributed by atoms with E-state index < -0.39 is 12.1 Å². The average Bonchev–Trinajstić information content (AvgIpc) is 3.21. The molecule has 0 radical (unpaired) electrons. The fourth-order valence-corrected chi connectivity index (χ4v) is 4.98. The van der Waals surface area contributed by atoms with Crippen LogP contribution >= 0.6 is 11.8 Å². The third-order valence-electron chi connectivity index (χ3n) is 6.35. The first-order valence-electron chi connectivity index (χ1n) is 12.9. The average molecular weight is 545 g/mol. The largest absolute Gasteiger partial charge is 0.489 e. The molecule has 0 saturated carbocycles. The van der Waals surface area contributed by atoms with Gasteiger partial charge in [0.1, 0.15) is 12.4 Å². The van der Waals surface area contributed by atoms with E-state index in [-0.39, 0.29) is 11.5 Å². The van der Waals surface area contributed by atoms with Crippen molar-refractivity contribution < 1.29 is 24.5 Å². The highest BCUT2D eigenvalue weighted by Crippen LogP contribution is 2.33. The minimum atomic E-state index is -1.59. The number of unbranched alkanes of at least 4 members (excludes halogenated alkanes) is 2. The van der Waals surface area contributed by atoms with Crippen LogP contribution in [-0.2, 0) is 22.6 Å². The number of aliphatic hydroxyl groups excluding tert-OH is 1. The molecule has 8 heteroatoms. The molecule has 3 aromatic carbocycles. The molecule has 39 heavy (non-hydrogen) atoms. The SMILES string of the molecule is CCCCCc1ccc(COc2ccc(/C=C3\S/C(=N/c4ccc(C(O)C(=O)O)cc4)N(C)C3=O)cc2)cc1. The number of carbonyl (C=O) groups excluding carboxylic acids is 1. The second-order valence-corrected chi connectivity index (χ2v) is 10.3. The van der Waals surface area contributed by atoms with Gasteiger partial charge in [-0.25, -0.2) is 9.79 Å². The molecule has 1 saturated heterocycles. The zero-order chi connectivity index (χ0) is 27.8. The highest BCUT2D eigenvalue weighted by atomic mass is 32.2. The van der Waals surface area contributed by atoms with Crippen molar-refractivity contribution in [3.8, 4) is 5.75 Å². The molecule has 1 unspecified atom stereocenters. The fraction of sp³-hybridized carbons (Fsp3) is 0.258. The highest BCUT2D eigenvalue weighted by molar-refractivity contribution is 8.18. The van der Waals surface area contributed by atoms with E-state index >= 15 is 0 Å². The van der Waals surface area contributed by atoms with Gasteiger partial charge in [-0.1, -0.05) is 68.3 Å². The van der Waals surface area contributed by atoms with Gasteiger partial charge in [0.25, 0.3) is 5.91 Å². The zero-order valence-corrected chi connectivity index (χ0v) is 22.9. The van der Waals surface area contributed by atoms with Gasteiger partial charge < -0.3 is 14.9 Å². The third kappa shape index (κ3) is 7.59. The number of rotatable bonds is 11. The van der Waals surface area contributed by atoms with Gasteiger partial charge in [0.2, 0.25) is 0 Å². The number of thioether (sulfide) groups is 1. The van der Waals surface area contributed by atoms with Gasteiger partial charge in [-0.05, 0) is 77.2 Å². The minimum absolute atomic E-state index is 0.157. The number of amides is 1. The molecule has 1 aliphatic heterocycles. The molecule has 7 nitrogen and oxygen atoms in total. The Labute approximate surface area is 232 Å². The summed E-state index contributed by atoms with van der Waals surface area (Å²) in [6, 6.07) is 22.4. The standard InChI is InChI=1S/C31H32N2O5S/c1-3-4-5-6-21-7-9-23(10-8-21)20-38-26-17-11-22(12-18-26)19-27-29(35)33(2)31(39-27)32-25-15-13-24(14-16-25)28(34)30(36)37/h7-19,28,34H,3-6,20H2,1-2H3,(H,36,37)/b27-19-,32-31+. The van der Waals surface area contributed by atoms with Crippen LogP contribution in [0.5, 0.6) is 5.75 Å². The summed E-state index contributed by atoms with van der Waals surface area (Å²) in [5.74, 6) is -0.719. The lowest BCUT2D eigenvalue weighted by Gasteiger charge is -2.08. The number of amidine groups is 1. The number of aliphatic hydroxyl groups is 1. The van der Waals surface area contributed by atoms with Crippen LogP contribution in [0.15, 0.2) is 82.7 Å². The number of likely N-dealkylation sites (N-methyl/N-ethyl adjacent to an activating group) is 1. The maximum atomic E-state index is 12.8. The molecule has 0 aromatic heterocycles. The zero-order valence-electron chi connectivity index (χ0n) is 22.0. The van der Waals surface area contributed by atoms with E-state index in [1.165, 1.54) is 53.6 Å². The summed E-state index contributed by atoms with van der Waals surface area (Å²) >= 11 is 1.26. The Morgan fingerprint density at radius 1 is 1.00 bits per heavy atom. The van der Waals surface area contributed by atoms with E-state index in [0.717, 1.165) is 23.3 Å². The van der Waals surface area contributed by atoms with Gasteiger partial charge in [-0.2, -0.15) is 0 Å². The van der Waals surface area contributed by atoms with Crippen LogP contribution in [-0.4, -0.2) is 39.2 Å². The normalized spacial score (nSPS) is 16.2. The number of carbonyl (C=O) groups is 2. The molecule has 0 aliphatic carbocycles. The van der Waals surface area contributed by atoms with Crippen molar-refractivity contribution in [1.82, 2.24) is 4.90 Å². The van der Waals surface area contributed by atoms with Gasteiger partial charge >= 0.3 is 5.97 Å². The first-order chi connectivity index (χ1) is 18.8. The van der Waals surface area contributed by atoms with Gasteiger partial charge in [0.15, 0.2) is 11.3 Å². The summed E-state index contributed by atoms with van der Waals surface area (Å²) in [4.78, 5) is 30.3. The number of ether oxygens (including phenoxy) is 1. The molecule has 0 spiro atoms. The number of hydrogen-bond acceptors (Lipinski definition) is 6. The molecule has 2 N–H and O–H groups in total. The Kier molecular flexibility index (Phi) is 9.57. The van der Waals surface area contributed by atoms with Gasteiger partial charge in [0, 0.05) is 7.05 Å². The lowest BCUT2D eigenvalue weighted by Crippen LogP contribution is -2.23. The van der Waals surface area contributed by atoms with Crippen molar-refractivity contribution in [3.63, 3.8) is 0 Å². The Hall–Kier alpha value is -3.88. The van der Waals surface area contributed by atoms with E-state index in [4.69, 9.17) is 9.84 Å².